The fourth-order valence-corrected chi connectivity index (χ4v) is 4.65. The van der Waals surface area contributed by atoms with Crippen molar-refractivity contribution < 1.29 is 8.42 Å². The topological polar surface area (TPSA) is 49.4 Å². The Morgan fingerprint density at radius 3 is 2.25 bits per heavy atom. The van der Waals surface area contributed by atoms with Crippen molar-refractivity contribution in [1.82, 2.24) is 9.62 Å². The van der Waals surface area contributed by atoms with Crippen LogP contribution in [0.15, 0.2) is 59.5 Å². The molecule has 0 bridgehead atoms. The van der Waals surface area contributed by atoms with E-state index >= 15 is 0 Å². The number of thioether (sulfide) groups is 1. The second kappa shape index (κ2) is 8.16. The average molecular weight is 363 g/mol. The zero-order chi connectivity index (χ0) is 16.8. The molecule has 0 aliphatic carbocycles. The van der Waals surface area contributed by atoms with E-state index in [1.165, 1.54) is 11.5 Å². The van der Waals surface area contributed by atoms with Crippen molar-refractivity contribution in [2.75, 3.05) is 24.6 Å². The van der Waals surface area contributed by atoms with Crippen LogP contribution in [0.25, 0.3) is 0 Å². The zero-order valence-electron chi connectivity index (χ0n) is 13.5. The molecule has 0 spiro atoms. The van der Waals surface area contributed by atoms with Crippen LogP contribution in [0, 0.1) is 0 Å². The second-order valence-corrected chi connectivity index (χ2v) is 8.83. The monoisotopic (exact) mass is 362 g/mol. The van der Waals surface area contributed by atoms with Gasteiger partial charge in [-0.05, 0) is 23.3 Å². The van der Waals surface area contributed by atoms with Crippen molar-refractivity contribution in [3.05, 3.63) is 65.7 Å². The summed E-state index contributed by atoms with van der Waals surface area (Å²) in [6, 6.07) is 16.7. The molecule has 3 rings (SSSR count). The number of benzene rings is 2. The Hall–Kier alpha value is -1.34. The molecule has 1 aliphatic heterocycles. The predicted octanol–water partition coefficient (Wildman–Crippen LogP) is 2.71. The van der Waals surface area contributed by atoms with Crippen LogP contribution in [0.2, 0.25) is 0 Å². The van der Waals surface area contributed by atoms with Gasteiger partial charge >= 0.3 is 0 Å². The van der Waals surface area contributed by atoms with Crippen molar-refractivity contribution in [2.45, 2.75) is 18.0 Å². The minimum Gasteiger partial charge on any atom is -0.297 e. The molecule has 1 N–H and O–H groups in total. The third-order valence-corrected chi connectivity index (χ3v) is 6.41. The lowest BCUT2D eigenvalue weighted by Gasteiger charge is -2.26. The van der Waals surface area contributed by atoms with Gasteiger partial charge in [0.2, 0.25) is 10.0 Å². The molecule has 4 nitrogen and oxygen atoms in total. The normalized spacial score (nSPS) is 16.2. The van der Waals surface area contributed by atoms with Crippen molar-refractivity contribution in [2.24, 2.45) is 0 Å². The highest BCUT2D eigenvalue weighted by Gasteiger charge is 2.15. The number of sulfonamides is 1. The van der Waals surface area contributed by atoms with Crippen LogP contribution in [0.1, 0.15) is 11.1 Å². The molecular weight excluding hydrogens is 340 g/mol. The van der Waals surface area contributed by atoms with Gasteiger partial charge in [0.05, 0.1) is 4.90 Å². The fraction of sp³-hybridized carbons (Fsp3) is 0.333. The molecule has 0 saturated carbocycles. The van der Waals surface area contributed by atoms with Crippen molar-refractivity contribution in [1.29, 1.82) is 0 Å². The van der Waals surface area contributed by atoms with Crippen molar-refractivity contribution >= 4 is 21.8 Å². The van der Waals surface area contributed by atoms with Crippen LogP contribution in [-0.2, 0) is 23.1 Å². The van der Waals surface area contributed by atoms with E-state index in [4.69, 9.17) is 0 Å². The van der Waals surface area contributed by atoms with Gasteiger partial charge in [0.15, 0.2) is 0 Å². The summed E-state index contributed by atoms with van der Waals surface area (Å²) >= 11 is 1.99. The molecule has 1 aliphatic rings. The van der Waals surface area contributed by atoms with E-state index in [0.717, 1.165) is 30.8 Å². The first kappa shape index (κ1) is 17.5. The second-order valence-electron chi connectivity index (χ2n) is 5.84. The number of nitrogens with one attached hydrogen (secondary N) is 1. The smallest absolute Gasteiger partial charge is 0.240 e. The number of nitrogens with zero attached hydrogens (tertiary/aromatic N) is 1. The van der Waals surface area contributed by atoms with Crippen LogP contribution in [-0.4, -0.2) is 37.9 Å². The SMILES string of the molecule is O=S(=O)(NCc1ccccc1)c1ccc(CN2CCSCC2)cc1. The summed E-state index contributed by atoms with van der Waals surface area (Å²) in [4.78, 5) is 2.73. The lowest BCUT2D eigenvalue weighted by atomic mass is 10.2. The van der Waals surface area contributed by atoms with Gasteiger partial charge in [0, 0.05) is 37.7 Å². The summed E-state index contributed by atoms with van der Waals surface area (Å²) in [6.45, 7) is 3.39. The molecule has 2 aromatic carbocycles. The van der Waals surface area contributed by atoms with Gasteiger partial charge in [-0.3, -0.25) is 4.90 Å². The van der Waals surface area contributed by atoms with E-state index in [2.05, 4.69) is 9.62 Å². The maximum atomic E-state index is 12.4. The molecule has 0 aromatic heterocycles. The van der Waals surface area contributed by atoms with E-state index in [1.54, 1.807) is 12.1 Å². The third-order valence-electron chi connectivity index (χ3n) is 4.05. The first-order valence-corrected chi connectivity index (χ1v) is 10.7. The van der Waals surface area contributed by atoms with Gasteiger partial charge in [-0.15, -0.1) is 0 Å². The summed E-state index contributed by atoms with van der Waals surface area (Å²) < 4.78 is 27.4. The zero-order valence-corrected chi connectivity index (χ0v) is 15.2. The molecule has 1 heterocycles. The van der Waals surface area contributed by atoms with E-state index in [9.17, 15) is 8.42 Å². The molecule has 1 saturated heterocycles. The Morgan fingerprint density at radius 1 is 0.917 bits per heavy atom. The Bertz CT molecular complexity index is 740. The first-order chi connectivity index (χ1) is 11.6. The molecule has 1 fully saturated rings. The van der Waals surface area contributed by atoms with Gasteiger partial charge in [-0.25, -0.2) is 13.1 Å². The van der Waals surface area contributed by atoms with E-state index in [1.807, 2.05) is 54.2 Å². The molecule has 6 heteroatoms. The average Bonchev–Trinajstić information content (AvgIpc) is 2.62. The number of hydrogen-bond donors (Lipinski definition) is 1. The van der Waals surface area contributed by atoms with E-state index in [0.29, 0.717) is 11.4 Å². The molecule has 0 amide bonds. The maximum absolute atomic E-state index is 12.4. The van der Waals surface area contributed by atoms with Crippen LogP contribution in [0.5, 0.6) is 0 Å². The van der Waals surface area contributed by atoms with E-state index in [-0.39, 0.29) is 0 Å². The van der Waals surface area contributed by atoms with Crippen LogP contribution in [0.4, 0.5) is 0 Å². The third kappa shape index (κ3) is 4.83. The summed E-state index contributed by atoms with van der Waals surface area (Å²) in [7, 11) is -3.48. The molecule has 24 heavy (non-hydrogen) atoms. The lowest BCUT2D eigenvalue weighted by molar-refractivity contribution is 0.294. The van der Waals surface area contributed by atoms with Crippen LogP contribution in [0.3, 0.4) is 0 Å². The summed E-state index contributed by atoms with van der Waals surface area (Å²) in [6.07, 6.45) is 0. The molecule has 0 unspecified atom stereocenters. The Morgan fingerprint density at radius 2 is 1.58 bits per heavy atom. The largest absolute Gasteiger partial charge is 0.297 e. The van der Waals surface area contributed by atoms with Crippen molar-refractivity contribution in [3.63, 3.8) is 0 Å². The minimum absolute atomic E-state index is 0.302. The predicted molar refractivity (Wildman–Crippen MR) is 99.5 cm³/mol. The molecule has 128 valence electrons. The van der Waals surface area contributed by atoms with Gasteiger partial charge < -0.3 is 0 Å². The Kier molecular flexibility index (Phi) is 5.94. The lowest BCUT2D eigenvalue weighted by Crippen LogP contribution is -2.31. The molecule has 2 aromatic rings. The quantitative estimate of drug-likeness (QED) is 0.858. The van der Waals surface area contributed by atoms with Crippen molar-refractivity contribution in [3.8, 4) is 0 Å². The number of hydrogen-bond acceptors (Lipinski definition) is 4. The van der Waals surface area contributed by atoms with Crippen LogP contribution >= 0.6 is 11.8 Å². The molecule has 0 radical (unpaired) electrons. The summed E-state index contributed by atoms with van der Waals surface area (Å²) in [5.74, 6) is 2.35. The minimum atomic E-state index is -3.48. The van der Waals surface area contributed by atoms with Gasteiger partial charge in [0.25, 0.3) is 0 Å². The van der Waals surface area contributed by atoms with Gasteiger partial charge in [0.1, 0.15) is 0 Å². The molecule has 0 atom stereocenters. The summed E-state index contributed by atoms with van der Waals surface area (Å²) in [5, 5.41) is 0. The molecular formula is C18H22N2O2S2. The highest BCUT2D eigenvalue weighted by atomic mass is 32.2. The Labute approximate surface area is 148 Å². The van der Waals surface area contributed by atoms with Crippen LogP contribution < -0.4 is 4.72 Å². The highest BCUT2D eigenvalue weighted by molar-refractivity contribution is 7.99. The number of rotatable bonds is 6. The van der Waals surface area contributed by atoms with Gasteiger partial charge in [-0.2, -0.15) is 11.8 Å². The highest BCUT2D eigenvalue weighted by Crippen LogP contribution is 2.15. The van der Waals surface area contributed by atoms with Gasteiger partial charge in [-0.1, -0.05) is 42.5 Å². The fourth-order valence-electron chi connectivity index (χ4n) is 2.65. The standard InChI is InChI=1S/C18H22N2O2S2/c21-24(22,19-14-16-4-2-1-3-5-16)18-8-6-17(7-9-18)15-20-10-12-23-13-11-20/h1-9,19H,10-15H2. The van der Waals surface area contributed by atoms with E-state index < -0.39 is 10.0 Å². The summed E-state index contributed by atoms with van der Waals surface area (Å²) in [5.41, 5.74) is 2.10. The first-order valence-electron chi connectivity index (χ1n) is 8.06. The Balaban J connectivity index is 1.61. The maximum Gasteiger partial charge on any atom is 0.240 e.